The molecule has 1 aromatic heterocycles. The fourth-order valence-electron chi connectivity index (χ4n) is 3.94. The number of hydrogen-bond donors (Lipinski definition) is 3. The molecule has 1 aliphatic carbocycles. The number of benzene rings is 2. The van der Waals surface area contributed by atoms with Crippen LogP contribution in [-0.4, -0.2) is 23.2 Å². The van der Waals surface area contributed by atoms with E-state index < -0.39 is 6.09 Å². The van der Waals surface area contributed by atoms with Crippen molar-refractivity contribution in [1.29, 1.82) is 0 Å². The maximum absolute atomic E-state index is 12.2. The summed E-state index contributed by atoms with van der Waals surface area (Å²) >= 11 is 8.15. The smallest absolute Gasteiger partial charge is 0.404 e. The number of amides is 3. The molecular formula is C24H25ClN4O3S. The van der Waals surface area contributed by atoms with Crippen LogP contribution in [0.5, 0.6) is 0 Å². The Bertz CT molecular complexity index is 1110. The number of primary amides is 1. The average molecular weight is 485 g/mol. The van der Waals surface area contributed by atoms with Crippen LogP contribution in [0.3, 0.4) is 0 Å². The molecule has 33 heavy (non-hydrogen) atoms. The van der Waals surface area contributed by atoms with Crippen molar-refractivity contribution in [1.82, 2.24) is 10.3 Å². The minimum atomic E-state index is -0.712. The first-order chi connectivity index (χ1) is 16.0. The second kappa shape index (κ2) is 10.7. The van der Waals surface area contributed by atoms with Gasteiger partial charge in [-0.25, -0.2) is 14.6 Å². The zero-order valence-electron chi connectivity index (χ0n) is 17.9. The second-order valence-corrected chi connectivity index (χ2v) is 9.43. The molecule has 3 aromatic rings. The number of carbonyl (C=O) groups excluding carboxylic acids is 2. The third-order valence-corrected chi connectivity index (χ3v) is 7.12. The lowest BCUT2D eigenvalue weighted by Crippen LogP contribution is -2.28. The summed E-state index contributed by atoms with van der Waals surface area (Å²) in [5.74, 6) is 0.338. The predicted octanol–water partition coefficient (Wildman–Crippen LogP) is 5.91. The molecule has 0 atom stereocenters. The molecule has 1 saturated carbocycles. The molecule has 0 radical (unpaired) electrons. The lowest BCUT2D eigenvalue weighted by Gasteiger charge is -2.26. The fraction of sp³-hybridized carbons (Fsp3) is 0.292. The van der Waals surface area contributed by atoms with E-state index in [0.29, 0.717) is 23.2 Å². The van der Waals surface area contributed by atoms with Crippen molar-refractivity contribution in [2.45, 2.75) is 44.2 Å². The average Bonchev–Trinajstić information content (AvgIpc) is 3.28. The van der Waals surface area contributed by atoms with Gasteiger partial charge >= 0.3 is 12.1 Å². The van der Waals surface area contributed by atoms with Gasteiger partial charge in [0, 0.05) is 29.9 Å². The van der Waals surface area contributed by atoms with Gasteiger partial charge in [-0.3, -0.25) is 0 Å². The monoisotopic (exact) mass is 484 g/mol. The number of thiazole rings is 1. The van der Waals surface area contributed by atoms with Crippen molar-refractivity contribution in [3.05, 3.63) is 70.3 Å². The summed E-state index contributed by atoms with van der Waals surface area (Å²) in [6.45, 7) is 0.443. The third kappa shape index (κ3) is 6.24. The Hall–Kier alpha value is -3.10. The number of carbonyl (C=O) groups is 2. The predicted molar refractivity (Wildman–Crippen MR) is 131 cm³/mol. The number of aromatic nitrogens is 1. The number of nitrogens with zero attached hydrogens (tertiary/aromatic N) is 1. The first kappa shape index (κ1) is 23.1. The number of urea groups is 1. The molecule has 7 nitrogen and oxygen atoms in total. The SMILES string of the molecule is NC(=O)O[C@H]1CC[C@H](c2ncc(-c3ccc(NC(=O)NCc4ccccc4)cc3Cl)s2)CC1. The molecule has 1 heterocycles. The summed E-state index contributed by atoms with van der Waals surface area (Å²) in [6, 6.07) is 14.9. The van der Waals surface area contributed by atoms with Crippen LogP contribution in [-0.2, 0) is 11.3 Å². The van der Waals surface area contributed by atoms with Gasteiger partial charge in [-0.05, 0) is 49.4 Å². The van der Waals surface area contributed by atoms with Crippen LogP contribution in [0.4, 0.5) is 15.3 Å². The molecule has 0 unspecified atom stereocenters. The number of hydrogen-bond acceptors (Lipinski definition) is 5. The topological polar surface area (TPSA) is 106 Å². The zero-order valence-corrected chi connectivity index (χ0v) is 19.5. The highest BCUT2D eigenvalue weighted by atomic mass is 35.5. The van der Waals surface area contributed by atoms with Crippen LogP contribution < -0.4 is 16.4 Å². The second-order valence-electron chi connectivity index (χ2n) is 7.96. The highest BCUT2D eigenvalue weighted by Crippen LogP contribution is 2.40. The summed E-state index contributed by atoms with van der Waals surface area (Å²) in [5.41, 5.74) is 7.63. The minimum Gasteiger partial charge on any atom is -0.446 e. The molecule has 1 fully saturated rings. The van der Waals surface area contributed by atoms with Crippen LogP contribution in [0.25, 0.3) is 10.4 Å². The first-order valence-electron chi connectivity index (χ1n) is 10.8. The number of halogens is 1. The van der Waals surface area contributed by atoms with Gasteiger partial charge in [0.05, 0.1) is 14.9 Å². The van der Waals surface area contributed by atoms with Crippen molar-refractivity contribution in [3.63, 3.8) is 0 Å². The lowest BCUT2D eigenvalue weighted by atomic mass is 9.88. The Labute approximate surface area is 201 Å². The van der Waals surface area contributed by atoms with E-state index in [4.69, 9.17) is 22.1 Å². The van der Waals surface area contributed by atoms with Gasteiger partial charge in [-0.2, -0.15) is 0 Å². The Kier molecular flexibility index (Phi) is 7.47. The molecule has 172 valence electrons. The van der Waals surface area contributed by atoms with E-state index in [0.717, 1.165) is 46.7 Å². The van der Waals surface area contributed by atoms with Crippen molar-refractivity contribution >= 4 is 40.7 Å². The van der Waals surface area contributed by atoms with Crippen LogP contribution >= 0.6 is 22.9 Å². The molecule has 0 aliphatic heterocycles. The lowest BCUT2D eigenvalue weighted by molar-refractivity contribution is 0.0787. The molecule has 9 heteroatoms. The summed E-state index contributed by atoms with van der Waals surface area (Å²) < 4.78 is 5.11. The minimum absolute atomic E-state index is 0.0995. The summed E-state index contributed by atoms with van der Waals surface area (Å²) in [5, 5.41) is 7.25. The van der Waals surface area contributed by atoms with Gasteiger partial charge in [-0.1, -0.05) is 41.9 Å². The number of ether oxygens (including phenoxy) is 1. The number of rotatable bonds is 6. The quantitative estimate of drug-likeness (QED) is 0.404. The summed E-state index contributed by atoms with van der Waals surface area (Å²) in [6.07, 6.45) is 4.41. The highest BCUT2D eigenvalue weighted by molar-refractivity contribution is 7.15. The molecule has 0 spiro atoms. The molecule has 1 aliphatic rings. The molecule has 0 saturated heterocycles. The molecule has 0 bridgehead atoms. The van der Waals surface area contributed by atoms with E-state index in [-0.39, 0.29) is 12.1 Å². The van der Waals surface area contributed by atoms with Crippen LogP contribution in [0.2, 0.25) is 5.02 Å². The van der Waals surface area contributed by atoms with Gasteiger partial charge < -0.3 is 21.1 Å². The van der Waals surface area contributed by atoms with Crippen LogP contribution in [0, 0.1) is 0 Å². The fourth-order valence-corrected chi connectivity index (χ4v) is 5.40. The maximum atomic E-state index is 12.2. The number of anilines is 1. The number of nitrogens with two attached hydrogens (primary N) is 1. The van der Waals surface area contributed by atoms with E-state index in [1.807, 2.05) is 48.7 Å². The van der Waals surface area contributed by atoms with Crippen molar-refractivity contribution in [2.24, 2.45) is 5.73 Å². The van der Waals surface area contributed by atoms with E-state index in [1.165, 1.54) is 0 Å². The first-order valence-corrected chi connectivity index (χ1v) is 12.0. The van der Waals surface area contributed by atoms with Gasteiger partial charge in [0.2, 0.25) is 0 Å². The third-order valence-electron chi connectivity index (χ3n) is 5.62. The summed E-state index contributed by atoms with van der Waals surface area (Å²) in [4.78, 5) is 28.7. The van der Waals surface area contributed by atoms with E-state index in [2.05, 4.69) is 15.6 Å². The van der Waals surface area contributed by atoms with Crippen LogP contribution in [0.1, 0.15) is 42.2 Å². The molecule has 4 rings (SSSR count). The van der Waals surface area contributed by atoms with Crippen molar-refractivity contribution in [3.8, 4) is 10.4 Å². The van der Waals surface area contributed by atoms with Crippen LogP contribution in [0.15, 0.2) is 54.7 Å². The van der Waals surface area contributed by atoms with E-state index in [1.54, 1.807) is 17.4 Å². The standard InChI is InChI=1S/C24H25ClN4O3S/c25-20-12-17(29-24(31)28-13-15-4-2-1-3-5-15)8-11-19(20)21-14-27-22(33-21)16-6-9-18(10-7-16)32-23(26)30/h1-5,8,11-12,14,16,18H,6-7,9-10,13H2,(H2,26,30)(H2,28,29,31)/t16-,18-. The van der Waals surface area contributed by atoms with Crippen molar-refractivity contribution < 1.29 is 14.3 Å². The molecular weight excluding hydrogens is 460 g/mol. The zero-order chi connectivity index (χ0) is 23.2. The Morgan fingerprint density at radius 3 is 2.58 bits per heavy atom. The Balaban J connectivity index is 1.34. The number of nitrogens with one attached hydrogen (secondary N) is 2. The van der Waals surface area contributed by atoms with Gasteiger partial charge in [0.1, 0.15) is 6.10 Å². The molecule has 2 aromatic carbocycles. The maximum Gasteiger partial charge on any atom is 0.404 e. The molecule has 3 amide bonds. The van der Waals surface area contributed by atoms with Gasteiger partial charge in [0.15, 0.2) is 0 Å². The van der Waals surface area contributed by atoms with Gasteiger partial charge in [0.25, 0.3) is 0 Å². The van der Waals surface area contributed by atoms with E-state index in [9.17, 15) is 9.59 Å². The normalized spacial score (nSPS) is 17.8. The van der Waals surface area contributed by atoms with Gasteiger partial charge in [-0.15, -0.1) is 11.3 Å². The Morgan fingerprint density at radius 2 is 1.88 bits per heavy atom. The largest absolute Gasteiger partial charge is 0.446 e. The summed E-state index contributed by atoms with van der Waals surface area (Å²) in [7, 11) is 0. The van der Waals surface area contributed by atoms with E-state index >= 15 is 0 Å². The highest BCUT2D eigenvalue weighted by Gasteiger charge is 2.26. The van der Waals surface area contributed by atoms with Crippen molar-refractivity contribution in [2.75, 3.05) is 5.32 Å². The Morgan fingerprint density at radius 1 is 1.12 bits per heavy atom. The molecule has 4 N–H and O–H groups in total.